The summed E-state index contributed by atoms with van der Waals surface area (Å²) >= 11 is 6.02. The number of benzene rings is 1. The number of fused-ring (bicyclic) bond motifs is 1. The monoisotopic (exact) mass is 457 g/mol. The summed E-state index contributed by atoms with van der Waals surface area (Å²) < 4.78 is 5.33. The molecule has 0 spiro atoms. The number of hydrogen-bond donors (Lipinski definition) is 1. The third kappa shape index (κ3) is 4.32. The molecule has 8 heteroatoms. The molecule has 2 aliphatic rings. The molecule has 1 aromatic heterocycles. The van der Waals surface area contributed by atoms with Crippen LogP contribution in [0.5, 0.6) is 0 Å². The van der Waals surface area contributed by atoms with Gasteiger partial charge in [-0.15, -0.1) is 0 Å². The van der Waals surface area contributed by atoms with E-state index in [0.717, 1.165) is 29.7 Å². The predicted octanol–water partition coefficient (Wildman–Crippen LogP) is 3.56. The quantitative estimate of drug-likeness (QED) is 0.694. The van der Waals surface area contributed by atoms with E-state index in [1.54, 1.807) is 24.0 Å². The number of aryl methyl sites for hydroxylation is 1. The zero-order chi connectivity index (χ0) is 22.8. The van der Waals surface area contributed by atoms with Gasteiger partial charge >= 0.3 is 5.97 Å². The van der Waals surface area contributed by atoms with Crippen molar-refractivity contribution in [2.24, 2.45) is 0 Å². The Hall–Kier alpha value is -2.64. The Kier molecular flexibility index (Phi) is 6.67. The van der Waals surface area contributed by atoms with Crippen LogP contribution in [-0.4, -0.2) is 65.2 Å². The number of aromatic nitrogens is 1. The van der Waals surface area contributed by atoms with Crippen LogP contribution in [0.2, 0.25) is 5.02 Å². The van der Waals surface area contributed by atoms with E-state index in [1.807, 2.05) is 24.0 Å². The molecule has 4 rings (SSSR count). The maximum absolute atomic E-state index is 13.2. The van der Waals surface area contributed by atoms with E-state index >= 15 is 0 Å². The van der Waals surface area contributed by atoms with E-state index in [1.165, 1.54) is 0 Å². The second-order valence-corrected chi connectivity index (χ2v) is 8.73. The van der Waals surface area contributed by atoms with Gasteiger partial charge < -0.3 is 14.6 Å². The first-order valence-corrected chi connectivity index (χ1v) is 11.5. The van der Waals surface area contributed by atoms with E-state index in [0.29, 0.717) is 55.5 Å². The van der Waals surface area contributed by atoms with Crippen LogP contribution in [0.4, 0.5) is 0 Å². The van der Waals surface area contributed by atoms with Crippen LogP contribution < -0.4 is 0 Å². The molecule has 170 valence electrons. The number of rotatable bonds is 5. The molecule has 7 nitrogen and oxygen atoms in total. The van der Waals surface area contributed by atoms with Crippen molar-refractivity contribution in [3.05, 3.63) is 57.4 Å². The van der Waals surface area contributed by atoms with Crippen LogP contribution >= 0.6 is 11.6 Å². The summed E-state index contributed by atoms with van der Waals surface area (Å²) in [5.74, 6) is -0.284. The molecule has 1 fully saturated rings. The average molecular weight is 458 g/mol. The Bertz CT molecular complexity index is 1020. The maximum Gasteiger partial charge on any atom is 0.328 e. The standard InChI is InChI=1S/C24H28ClN3O4/c1-3-32-24(31)22(16-7-9-17(25)10-8-16)27-11-13-28(14-12-27)23(30)21-15(2)20-18(26-21)5-4-6-19(20)29/h7-10,22,26H,3-6,11-14H2,1-2H3. The van der Waals surface area contributed by atoms with Gasteiger partial charge in [0.05, 0.1) is 6.61 Å². The van der Waals surface area contributed by atoms with Gasteiger partial charge in [-0.05, 0) is 49.9 Å². The largest absolute Gasteiger partial charge is 0.465 e. The van der Waals surface area contributed by atoms with Gasteiger partial charge in [0, 0.05) is 48.9 Å². The van der Waals surface area contributed by atoms with Crippen molar-refractivity contribution >= 4 is 29.3 Å². The number of ether oxygens (including phenoxy) is 1. The molecule has 2 aromatic rings. The van der Waals surface area contributed by atoms with E-state index in [-0.39, 0.29) is 17.7 Å². The van der Waals surface area contributed by atoms with Crippen LogP contribution in [0.1, 0.15) is 63.5 Å². The number of hydrogen-bond acceptors (Lipinski definition) is 5. The molecule has 1 unspecified atom stereocenters. The number of esters is 1. The lowest BCUT2D eigenvalue weighted by molar-refractivity contribution is -0.150. The summed E-state index contributed by atoms with van der Waals surface area (Å²) in [7, 11) is 0. The smallest absolute Gasteiger partial charge is 0.328 e. The first kappa shape index (κ1) is 22.6. The van der Waals surface area contributed by atoms with Crippen LogP contribution in [0.25, 0.3) is 0 Å². The molecule has 0 saturated carbocycles. The average Bonchev–Trinajstić information content (AvgIpc) is 3.13. The minimum atomic E-state index is -0.540. The Morgan fingerprint density at radius 1 is 1.12 bits per heavy atom. The number of carbonyl (C=O) groups excluding carboxylic acids is 3. The highest BCUT2D eigenvalue weighted by Gasteiger charge is 2.34. The van der Waals surface area contributed by atoms with Crippen molar-refractivity contribution in [3.63, 3.8) is 0 Å². The summed E-state index contributed by atoms with van der Waals surface area (Å²) in [4.78, 5) is 45.3. The molecule has 1 amide bonds. The molecule has 0 bridgehead atoms. The van der Waals surface area contributed by atoms with Crippen molar-refractivity contribution in [1.82, 2.24) is 14.8 Å². The Morgan fingerprint density at radius 3 is 2.44 bits per heavy atom. The highest BCUT2D eigenvalue weighted by Crippen LogP contribution is 2.29. The zero-order valence-corrected chi connectivity index (χ0v) is 19.2. The molecule has 2 heterocycles. The molecular formula is C24H28ClN3O4. The fraction of sp³-hybridized carbons (Fsp3) is 0.458. The van der Waals surface area contributed by atoms with Crippen LogP contribution in [0, 0.1) is 6.92 Å². The third-order valence-corrected chi connectivity index (χ3v) is 6.57. The fourth-order valence-electron chi connectivity index (χ4n) is 4.69. The normalized spacial score (nSPS) is 17.7. The third-order valence-electron chi connectivity index (χ3n) is 6.31. The number of nitrogens with one attached hydrogen (secondary N) is 1. The van der Waals surface area contributed by atoms with Crippen molar-refractivity contribution in [2.75, 3.05) is 32.8 Å². The topological polar surface area (TPSA) is 82.7 Å². The predicted molar refractivity (Wildman–Crippen MR) is 121 cm³/mol. The summed E-state index contributed by atoms with van der Waals surface area (Å²) in [6.45, 7) is 5.98. The van der Waals surface area contributed by atoms with Crippen LogP contribution in [0.3, 0.4) is 0 Å². The van der Waals surface area contributed by atoms with Gasteiger partial charge in [0.2, 0.25) is 0 Å². The van der Waals surface area contributed by atoms with Gasteiger partial charge in [-0.3, -0.25) is 14.5 Å². The van der Waals surface area contributed by atoms with Gasteiger partial charge in [-0.25, -0.2) is 4.79 Å². The summed E-state index contributed by atoms with van der Waals surface area (Å²) in [6.07, 6.45) is 2.15. The first-order valence-electron chi connectivity index (χ1n) is 11.1. The second kappa shape index (κ2) is 9.46. The minimum Gasteiger partial charge on any atom is -0.465 e. The van der Waals surface area contributed by atoms with Gasteiger partial charge in [-0.1, -0.05) is 23.7 Å². The lowest BCUT2D eigenvalue weighted by atomic mass is 9.93. The number of carbonyl (C=O) groups is 3. The van der Waals surface area contributed by atoms with Gasteiger partial charge in [0.25, 0.3) is 5.91 Å². The summed E-state index contributed by atoms with van der Waals surface area (Å²) in [6, 6.07) is 6.66. The second-order valence-electron chi connectivity index (χ2n) is 8.29. The number of H-pyrrole nitrogens is 1. The first-order chi connectivity index (χ1) is 15.4. The minimum absolute atomic E-state index is 0.0940. The molecule has 1 N–H and O–H groups in total. The lowest BCUT2D eigenvalue weighted by Gasteiger charge is -2.38. The Morgan fingerprint density at radius 2 is 1.81 bits per heavy atom. The fourth-order valence-corrected chi connectivity index (χ4v) is 4.82. The summed E-state index contributed by atoms with van der Waals surface area (Å²) in [5, 5.41) is 0.606. The van der Waals surface area contributed by atoms with E-state index in [4.69, 9.17) is 16.3 Å². The van der Waals surface area contributed by atoms with E-state index in [2.05, 4.69) is 4.98 Å². The molecule has 1 aromatic carbocycles. The van der Waals surface area contributed by atoms with Crippen molar-refractivity contribution in [3.8, 4) is 0 Å². The number of halogens is 1. The Balaban J connectivity index is 1.49. The van der Waals surface area contributed by atoms with Gasteiger partial charge in [0.15, 0.2) is 5.78 Å². The number of Topliss-reactive ketones (excluding diaryl/α,β-unsaturated/α-hetero) is 1. The van der Waals surface area contributed by atoms with Crippen molar-refractivity contribution < 1.29 is 19.1 Å². The number of aromatic amines is 1. The number of piperazine rings is 1. The van der Waals surface area contributed by atoms with E-state index < -0.39 is 6.04 Å². The molecule has 1 saturated heterocycles. The lowest BCUT2D eigenvalue weighted by Crippen LogP contribution is -2.51. The van der Waals surface area contributed by atoms with Gasteiger partial charge in [0.1, 0.15) is 11.7 Å². The zero-order valence-electron chi connectivity index (χ0n) is 18.4. The highest BCUT2D eigenvalue weighted by molar-refractivity contribution is 6.30. The molecular weight excluding hydrogens is 430 g/mol. The highest BCUT2D eigenvalue weighted by atomic mass is 35.5. The van der Waals surface area contributed by atoms with Crippen molar-refractivity contribution in [1.29, 1.82) is 0 Å². The molecule has 1 aliphatic carbocycles. The van der Waals surface area contributed by atoms with E-state index in [9.17, 15) is 14.4 Å². The molecule has 32 heavy (non-hydrogen) atoms. The van der Waals surface area contributed by atoms with Gasteiger partial charge in [-0.2, -0.15) is 0 Å². The summed E-state index contributed by atoms with van der Waals surface area (Å²) in [5.41, 5.74) is 3.66. The molecule has 1 atom stereocenters. The maximum atomic E-state index is 13.2. The number of amides is 1. The van der Waals surface area contributed by atoms with Crippen LogP contribution in [0.15, 0.2) is 24.3 Å². The Labute approximate surface area is 192 Å². The number of ketones is 1. The molecule has 1 aliphatic heterocycles. The van der Waals surface area contributed by atoms with Crippen LogP contribution in [-0.2, 0) is 16.0 Å². The number of nitrogens with zero attached hydrogens (tertiary/aromatic N) is 2. The molecule has 0 radical (unpaired) electrons. The van der Waals surface area contributed by atoms with Crippen molar-refractivity contribution in [2.45, 2.75) is 39.2 Å². The SMILES string of the molecule is CCOC(=O)C(c1ccc(Cl)cc1)N1CCN(C(=O)c2[nH]c3c(c2C)C(=O)CCC3)CC1.